The summed E-state index contributed by atoms with van der Waals surface area (Å²) in [5.41, 5.74) is 3.40. The second kappa shape index (κ2) is 7.33. The molecule has 8 heteroatoms. The van der Waals surface area contributed by atoms with Gasteiger partial charge in [-0.3, -0.25) is 14.2 Å². The molecule has 0 bridgehead atoms. The number of hydrogen-bond donors (Lipinski definition) is 0. The van der Waals surface area contributed by atoms with E-state index in [-0.39, 0.29) is 17.5 Å². The van der Waals surface area contributed by atoms with Crippen molar-refractivity contribution in [1.82, 2.24) is 14.4 Å². The molecule has 0 saturated carbocycles. The highest BCUT2D eigenvalue weighted by Crippen LogP contribution is 2.31. The summed E-state index contributed by atoms with van der Waals surface area (Å²) in [6.07, 6.45) is 5.13. The summed E-state index contributed by atoms with van der Waals surface area (Å²) in [6.45, 7) is 3.98. The maximum atomic E-state index is 13.6. The van der Waals surface area contributed by atoms with Crippen molar-refractivity contribution >= 4 is 39.5 Å². The summed E-state index contributed by atoms with van der Waals surface area (Å²) in [7, 11) is 0. The normalized spacial score (nSPS) is 11.1. The SMILES string of the molecule is Cc1cnccc1C(=O)N(Cc1c(C)nc2sccn12)c1ccc(F)cc1Cl. The first-order valence-electron chi connectivity index (χ1n) is 8.54. The minimum Gasteiger partial charge on any atom is -0.301 e. The Labute approximate surface area is 170 Å². The molecule has 0 aliphatic heterocycles. The fraction of sp³-hybridized carbons (Fsp3) is 0.150. The van der Waals surface area contributed by atoms with E-state index in [0.717, 1.165) is 21.9 Å². The Morgan fingerprint density at radius 2 is 2.14 bits per heavy atom. The number of rotatable bonds is 4. The van der Waals surface area contributed by atoms with E-state index in [1.54, 1.807) is 23.4 Å². The number of fused-ring (bicyclic) bond motifs is 1. The van der Waals surface area contributed by atoms with Crippen molar-refractivity contribution in [3.63, 3.8) is 0 Å². The third-order valence-corrected chi connectivity index (χ3v) is 5.62. The number of aromatic nitrogens is 3. The van der Waals surface area contributed by atoms with Crippen molar-refractivity contribution in [1.29, 1.82) is 0 Å². The summed E-state index contributed by atoms with van der Waals surface area (Å²) in [5, 5.41) is 2.11. The molecule has 142 valence electrons. The zero-order valence-electron chi connectivity index (χ0n) is 15.2. The Morgan fingerprint density at radius 3 is 2.89 bits per heavy atom. The molecule has 0 aliphatic carbocycles. The number of anilines is 1. The second-order valence-electron chi connectivity index (χ2n) is 6.38. The number of hydrogen-bond acceptors (Lipinski definition) is 4. The lowest BCUT2D eigenvalue weighted by molar-refractivity contribution is 0.0984. The van der Waals surface area contributed by atoms with Gasteiger partial charge in [0.15, 0.2) is 4.96 Å². The molecular weight excluding hydrogens is 399 g/mol. The molecule has 0 spiro atoms. The maximum Gasteiger partial charge on any atom is 0.259 e. The summed E-state index contributed by atoms with van der Waals surface area (Å²) < 4.78 is 15.6. The van der Waals surface area contributed by atoms with Crippen LogP contribution in [0.2, 0.25) is 5.02 Å². The van der Waals surface area contributed by atoms with Crippen molar-refractivity contribution in [2.45, 2.75) is 20.4 Å². The number of halogens is 2. The third kappa shape index (κ3) is 3.27. The van der Waals surface area contributed by atoms with Crippen LogP contribution in [0.15, 0.2) is 48.2 Å². The van der Waals surface area contributed by atoms with Gasteiger partial charge in [-0.25, -0.2) is 9.37 Å². The number of carbonyl (C=O) groups excluding carboxylic acids is 1. The van der Waals surface area contributed by atoms with Crippen molar-refractivity contribution in [3.05, 3.63) is 81.6 Å². The molecule has 0 N–H and O–H groups in total. The molecule has 3 heterocycles. The van der Waals surface area contributed by atoms with E-state index in [1.165, 1.54) is 29.5 Å². The van der Waals surface area contributed by atoms with Crippen LogP contribution < -0.4 is 4.90 Å². The lowest BCUT2D eigenvalue weighted by atomic mass is 10.1. The van der Waals surface area contributed by atoms with Crippen molar-refractivity contribution in [2.75, 3.05) is 4.90 Å². The largest absolute Gasteiger partial charge is 0.301 e. The van der Waals surface area contributed by atoms with E-state index < -0.39 is 5.82 Å². The number of nitrogens with zero attached hydrogens (tertiary/aromatic N) is 4. The number of carbonyl (C=O) groups is 1. The molecule has 0 saturated heterocycles. The average molecular weight is 415 g/mol. The summed E-state index contributed by atoms with van der Waals surface area (Å²) in [6, 6.07) is 5.70. The van der Waals surface area contributed by atoms with E-state index in [9.17, 15) is 9.18 Å². The van der Waals surface area contributed by atoms with Gasteiger partial charge in [-0.2, -0.15) is 0 Å². The minimum atomic E-state index is -0.456. The Hall–Kier alpha value is -2.77. The zero-order valence-corrected chi connectivity index (χ0v) is 16.8. The second-order valence-corrected chi connectivity index (χ2v) is 7.66. The van der Waals surface area contributed by atoms with Crippen LogP contribution in [0.1, 0.15) is 27.3 Å². The standard InChI is InChI=1S/C20H16ClFN4OS/c1-12-10-23-6-5-15(12)19(27)26(17-4-3-14(22)9-16(17)21)11-18-13(2)24-20-25(18)7-8-28-20/h3-10H,11H2,1-2H3. The van der Waals surface area contributed by atoms with Crippen LogP contribution in [0, 0.1) is 19.7 Å². The van der Waals surface area contributed by atoms with Crippen molar-refractivity contribution in [2.24, 2.45) is 0 Å². The van der Waals surface area contributed by atoms with Gasteiger partial charge in [0.25, 0.3) is 5.91 Å². The van der Waals surface area contributed by atoms with Gasteiger partial charge in [-0.05, 0) is 43.7 Å². The van der Waals surface area contributed by atoms with E-state index in [0.29, 0.717) is 11.3 Å². The molecule has 3 aromatic heterocycles. The van der Waals surface area contributed by atoms with Crippen LogP contribution in [-0.4, -0.2) is 20.3 Å². The molecule has 4 rings (SSSR count). The number of thiazole rings is 1. The van der Waals surface area contributed by atoms with Crippen LogP contribution in [0.25, 0.3) is 4.96 Å². The smallest absolute Gasteiger partial charge is 0.259 e. The average Bonchev–Trinajstić information content (AvgIpc) is 3.22. The van der Waals surface area contributed by atoms with Gasteiger partial charge in [-0.1, -0.05) is 11.6 Å². The van der Waals surface area contributed by atoms with Gasteiger partial charge in [0.05, 0.1) is 28.6 Å². The molecule has 1 amide bonds. The topological polar surface area (TPSA) is 50.5 Å². The van der Waals surface area contributed by atoms with Gasteiger partial charge in [-0.15, -0.1) is 11.3 Å². The van der Waals surface area contributed by atoms with Crippen LogP contribution in [0.3, 0.4) is 0 Å². The first-order valence-corrected chi connectivity index (χ1v) is 9.80. The highest BCUT2D eigenvalue weighted by Gasteiger charge is 2.24. The molecule has 0 unspecified atom stereocenters. The molecule has 0 fully saturated rings. The van der Waals surface area contributed by atoms with Crippen LogP contribution in [0.5, 0.6) is 0 Å². The first kappa shape index (κ1) is 18.6. The predicted molar refractivity (Wildman–Crippen MR) is 109 cm³/mol. The Kier molecular flexibility index (Phi) is 4.87. The fourth-order valence-corrected chi connectivity index (χ4v) is 4.15. The number of amides is 1. The lowest BCUT2D eigenvalue weighted by Gasteiger charge is -2.25. The molecule has 0 atom stereocenters. The first-order chi connectivity index (χ1) is 13.5. The summed E-state index contributed by atoms with van der Waals surface area (Å²) in [4.78, 5) is 24.4. The number of imidazole rings is 1. The predicted octanol–water partition coefficient (Wildman–Crippen LogP) is 5.05. The Balaban J connectivity index is 1.84. The molecule has 1 aromatic carbocycles. The maximum absolute atomic E-state index is 13.6. The highest BCUT2D eigenvalue weighted by molar-refractivity contribution is 7.15. The van der Waals surface area contributed by atoms with Crippen molar-refractivity contribution in [3.8, 4) is 0 Å². The molecular formula is C20H16ClFN4OS. The van der Waals surface area contributed by atoms with Crippen molar-refractivity contribution < 1.29 is 9.18 Å². The molecule has 0 radical (unpaired) electrons. The van der Waals surface area contributed by atoms with Gasteiger partial charge in [0.2, 0.25) is 0 Å². The number of pyridine rings is 1. The van der Waals surface area contributed by atoms with E-state index in [2.05, 4.69) is 9.97 Å². The van der Waals surface area contributed by atoms with Gasteiger partial charge in [0.1, 0.15) is 5.82 Å². The molecule has 5 nitrogen and oxygen atoms in total. The van der Waals surface area contributed by atoms with Crippen LogP contribution in [0.4, 0.5) is 10.1 Å². The Bertz CT molecular complexity index is 1190. The zero-order chi connectivity index (χ0) is 19.8. The summed E-state index contributed by atoms with van der Waals surface area (Å²) in [5.74, 6) is -0.694. The molecule has 28 heavy (non-hydrogen) atoms. The summed E-state index contributed by atoms with van der Waals surface area (Å²) >= 11 is 7.83. The lowest BCUT2D eigenvalue weighted by Crippen LogP contribution is -2.32. The fourth-order valence-electron chi connectivity index (χ4n) is 3.11. The van der Waals surface area contributed by atoms with Gasteiger partial charge < -0.3 is 4.90 Å². The Morgan fingerprint density at radius 1 is 1.32 bits per heavy atom. The van der Waals surface area contributed by atoms with Crippen LogP contribution in [-0.2, 0) is 6.54 Å². The molecule has 0 aliphatic rings. The third-order valence-electron chi connectivity index (χ3n) is 4.57. The monoisotopic (exact) mass is 414 g/mol. The minimum absolute atomic E-state index is 0.170. The van der Waals surface area contributed by atoms with Gasteiger partial charge >= 0.3 is 0 Å². The van der Waals surface area contributed by atoms with Crippen LogP contribution >= 0.6 is 22.9 Å². The molecule has 4 aromatic rings. The van der Waals surface area contributed by atoms with E-state index >= 15 is 0 Å². The van der Waals surface area contributed by atoms with Gasteiger partial charge in [0, 0.05) is 29.5 Å². The number of aryl methyl sites for hydroxylation is 2. The number of benzene rings is 1. The van der Waals surface area contributed by atoms with E-state index in [4.69, 9.17) is 11.6 Å². The van der Waals surface area contributed by atoms with E-state index in [1.807, 2.05) is 29.8 Å². The highest BCUT2D eigenvalue weighted by atomic mass is 35.5. The quantitative estimate of drug-likeness (QED) is 0.469.